The minimum atomic E-state index is 0.0227. The molecule has 0 amide bonds. The van der Waals surface area contributed by atoms with Gasteiger partial charge in [0.15, 0.2) is 5.11 Å². The third-order valence-corrected chi connectivity index (χ3v) is 7.38. The predicted molar refractivity (Wildman–Crippen MR) is 130 cm³/mol. The highest BCUT2D eigenvalue weighted by Crippen LogP contribution is 2.45. The Bertz CT molecular complexity index is 1100. The van der Waals surface area contributed by atoms with Crippen molar-refractivity contribution in [1.82, 2.24) is 19.8 Å². The minimum Gasteiger partial charge on any atom is -0.352 e. The monoisotopic (exact) mass is 450 g/mol. The first-order chi connectivity index (χ1) is 15.1. The Morgan fingerprint density at radius 3 is 2.52 bits per heavy atom. The number of thiocarbonyl (C=S) groups is 1. The first kappa shape index (κ1) is 20.5. The zero-order valence-electron chi connectivity index (χ0n) is 17.9. The second-order valence-electron chi connectivity index (χ2n) is 8.59. The largest absolute Gasteiger partial charge is 0.352 e. The number of hydrogen-bond donors (Lipinski definition) is 1. The summed E-state index contributed by atoms with van der Waals surface area (Å²) in [4.78, 5) is 7.15. The van der Waals surface area contributed by atoms with E-state index in [0.717, 1.165) is 21.5 Å². The molecule has 0 bridgehead atoms. The molecule has 1 aliphatic carbocycles. The Morgan fingerprint density at radius 2 is 1.81 bits per heavy atom. The van der Waals surface area contributed by atoms with E-state index in [0.29, 0.717) is 6.04 Å². The molecule has 0 radical (unpaired) electrons. The number of para-hydroxylation sites is 1. The lowest BCUT2D eigenvalue weighted by Crippen LogP contribution is -2.37. The molecule has 4 nitrogen and oxygen atoms in total. The maximum atomic E-state index is 6.58. The summed E-state index contributed by atoms with van der Waals surface area (Å²) < 4.78 is 2.27. The number of nitrogens with one attached hydrogen (secondary N) is 1. The van der Waals surface area contributed by atoms with Crippen molar-refractivity contribution in [3.05, 3.63) is 82.4 Å². The quantitative estimate of drug-likeness (QED) is 0.490. The Labute approximate surface area is 194 Å². The van der Waals surface area contributed by atoms with Crippen LogP contribution in [0, 0.1) is 13.8 Å². The molecular weight excluding hydrogens is 424 g/mol. The number of pyridine rings is 1. The van der Waals surface area contributed by atoms with Gasteiger partial charge in [-0.1, -0.05) is 42.6 Å². The average molecular weight is 451 g/mol. The Kier molecular flexibility index (Phi) is 5.49. The van der Waals surface area contributed by atoms with Gasteiger partial charge in [0.1, 0.15) is 0 Å². The van der Waals surface area contributed by atoms with Gasteiger partial charge in [-0.05, 0) is 74.8 Å². The molecule has 0 spiro atoms. The zero-order chi connectivity index (χ0) is 21.5. The molecule has 1 N–H and O–H groups in total. The van der Waals surface area contributed by atoms with Gasteiger partial charge in [-0.2, -0.15) is 0 Å². The van der Waals surface area contributed by atoms with Gasteiger partial charge < -0.3 is 14.8 Å². The first-order valence-electron chi connectivity index (χ1n) is 11.0. The second-order valence-corrected chi connectivity index (χ2v) is 9.38. The predicted octanol–water partition coefficient (Wildman–Crippen LogP) is 6.06. The average Bonchev–Trinajstić information content (AvgIpc) is 3.47. The Balaban J connectivity index is 1.65. The third-order valence-electron chi connectivity index (χ3n) is 6.74. The lowest BCUT2D eigenvalue weighted by atomic mass is 9.95. The van der Waals surface area contributed by atoms with Crippen LogP contribution >= 0.6 is 23.8 Å². The fourth-order valence-electron chi connectivity index (χ4n) is 5.36. The topological polar surface area (TPSA) is 33.1 Å². The summed E-state index contributed by atoms with van der Waals surface area (Å²) in [6, 6.07) is 17.0. The molecule has 1 aromatic carbocycles. The van der Waals surface area contributed by atoms with Crippen molar-refractivity contribution in [2.75, 3.05) is 0 Å². The van der Waals surface area contributed by atoms with Crippen LogP contribution in [0.3, 0.4) is 0 Å². The molecule has 3 aromatic rings. The number of benzene rings is 1. The van der Waals surface area contributed by atoms with Crippen LogP contribution in [0.2, 0.25) is 5.02 Å². The van der Waals surface area contributed by atoms with Gasteiger partial charge in [-0.3, -0.25) is 4.98 Å². The van der Waals surface area contributed by atoms with E-state index in [4.69, 9.17) is 23.8 Å². The maximum Gasteiger partial charge on any atom is 0.170 e. The molecule has 3 heterocycles. The Morgan fingerprint density at radius 1 is 1.06 bits per heavy atom. The summed E-state index contributed by atoms with van der Waals surface area (Å²) in [5, 5.41) is 5.21. The lowest BCUT2D eigenvalue weighted by molar-refractivity contribution is 0.245. The van der Waals surface area contributed by atoms with Crippen molar-refractivity contribution in [3.8, 4) is 5.69 Å². The molecule has 6 heteroatoms. The van der Waals surface area contributed by atoms with Crippen molar-refractivity contribution in [2.24, 2.45) is 0 Å². The van der Waals surface area contributed by atoms with E-state index in [1.807, 2.05) is 30.5 Å². The molecule has 1 saturated heterocycles. The first-order valence-corrected chi connectivity index (χ1v) is 11.8. The summed E-state index contributed by atoms with van der Waals surface area (Å²) in [5.74, 6) is 0. The van der Waals surface area contributed by atoms with Gasteiger partial charge in [0, 0.05) is 23.6 Å². The van der Waals surface area contributed by atoms with E-state index in [-0.39, 0.29) is 12.1 Å². The fraction of sp³-hybridized carbons (Fsp3) is 0.360. The van der Waals surface area contributed by atoms with Crippen molar-refractivity contribution >= 4 is 28.9 Å². The molecule has 2 aliphatic rings. The highest BCUT2D eigenvalue weighted by Gasteiger charge is 2.44. The van der Waals surface area contributed by atoms with Crippen molar-refractivity contribution in [1.29, 1.82) is 0 Å². The molecule has 2 fully saturated rings. The maximum absolute atomic E-state index is 6.58. The molecule has 2 atom stereocenters. The standard InChI is InChI=1S/C25H27ClN4S/c1-16-15-19(17(2)29(16)22-13-6-5-11-20(22)26)24-23(21-12-7-8-14-27-21)28-25(31)30(24)18-9-3-4-10-18/h5-8,11-15,18,23-24H,3-4,9-10H2,1-2H3,(H,28,31)/t23-,24-/m0/s1. The second kappa shape index (κ2) is 8.29. The fourth-order valence-corrected chi connectivity index (χ4v) is 5.97. The van der Waals surface area contributed by atoms with Gasteiger partial charge in [0.2, 0.25) is 0 Å². The van der Waals surface area contributed by atoms with Crippen molar-refractivity contribution < 1.29 is 0 Å². The molecule has 0 unspecified atom stereocenters. The van der Waals surface area contributed by atoms with Crippen LogP contribution in [0.1, 0.15) is 60.4 Å². The molecule has 2 aromatic heterocycles. The number of nitrogens with zero attached hydrogens (tertiary/aromatic N) is 3. The van der Waals surface area contributed by atoms with Gasteiger partial charge in [0.05, 0.1) is 28.5 Å². The summed E-state index contributed by atoms with van der Waals surface area (Å²) in [7, 11) is 0. The van der Waals surface area contributed by atoms with Crippen LogP contribution in [0.5, 0.6) is 0 Å². The van der Waals surface area contributed by atoms with E-state index in [9.17, 15) is 0 Å². The number of hydrogen-bond acceptors (Lipinski definition) is 2. The Hall–Kier alpha value is -2.37. The third kappa shape index (κ3) is 3.54. The van der Waals surface area contributed by atoms with Gasteiger partial charge in [0.25, 0.3) is 0 Å². The van der Waals surface area contributed by atoms with Crippen LogP contribution in [-0.4, -0.2) is 25.6 Å². The van der Waals surface area contributed by atoms with Crippen LogP contribution < -0.4 is 5.32 Å². The molecule has 1 aliphatic heterocycles. The van der Waals surface area contributed by atoms with Crippen LogP contribution in [-0.2, 0) is 0 Å². The molecule has 31 heavy (non-hydrogen) atoms. The van der Waals surface area contributed by atoms with E-state index in [1.54, 1.807) is 0 Å². The highest BCUT2D eigenvalue weighted by molar-refractivity contribution is 7.80. The van der Waals surface area contributed by atoms with E-state index in [2.05, 4.69) is 57.9 Å². The molecule has 5 rings (SSSR count). The molecule has 1 saturated carbocycles. The lowest BCUT2D eigenvalue weighted by Gasteiger charge is -2.33. The van der Waals surface area contributed by atoms with Crippen molar-refractivity contribution in [3.63, 3.8) is 0 Å². The van der Waals surface area contributed by atoms with Gasteiger partial charge in [-0.15, -0.1) is 0 Å². The SMILES string of the molecule is Cc1cc([C@H]2[C@H](c3ccccn3)NC(=S)N2C2CCCC2)c(C)n1-c1ccccc1Cl. The van der Waals surface area contributed by atoms with Gasteiger partial charge >= 0.3 is 0 Å². The minimum absolute atomic E-state index is 0.0227. The zero-order valence-corrected chi connectivity index (χ0v) is 19.5. The molecule has 160 valence electrons. The number of aromatic nitrogens is 2. The normalized spacial score (nSPS) is 21.6. The molecular formula is C25H27ClN4S. The van der Waals surface area contributed by atoms with E-state index < -0.39 is 0 Å². The van der Waals surface area contributed by atoms with Gasteiger partial charge in [-0.25, -0.2) is 0 Å². The van der Waals surface area contributed by atoms with Crippen LogP contribution in [0.15, 0.2) is 54.7 Å². The van der Waals surface area contributed by atoms with Crippen molar-refractivity contribution in [2.45, 2.75) is 57.7 Å². The summed E-state index contributed by atoms with van der Waals surface area (Å²) in [5.41, 5.74) is 5.70. The summed E-state index contributed by atoms with van der Waals surface area (Å²) >= 11 is 12.5. The number of rotatable bonds is 4. The summed E-state index contributed by atoms with van der Waals surface area (Å²) in [6.45, 7) is 4.34. The van der Waals surface area contributed by atoms with Crippen LogP contribution in [0.4, 0.5) is 0 Å². The van der Waals surface area contributed by atoms with E-state index >= 15 is 0 Å². The van der Waals surface area contributed by atoms with Crippen LogP contribution in [0.25, 0.3) is 5.69 Å². The summed E-state index contributed by atoms with van der Waals surface area (Å²) in [6.07, 6.45) is 6.78. The van der Waals surface area contributed by atoms with E-state index in [1.165, 1.54) is 42.6 Å². The number of halogens is 1. The highest BCUT2D eigenvalue weighted by atomic mass is 35.5. The smallest absolute Gasteiger partial charge is 0.170 e. The number of aryl methyl sites for hydroxylation is 1.